The molecule has 0 spiro atoms. The molecule has 1 aromatic rings. The maximum atomic E-state index is 12.7. The van der Waals surface area contributed by atoms with E-state index in [0.717, 1.165) is 73.3 Å². The number of methoxy groups -OCH3 is 1. The van der Waals surface area contributed by atoms with Crippen molar-refractivity contribution in [3.8, 4) is 5.75 Å². The molecule has 0 aromatic heterocycles. The lowest BCUT2D eigenvalue weighted by Gasteiger charge is -2.34. The SMILES string of the molecule is COc1ccc(Br)c(CC2CCN(CCCC3CCCN(C(=O)C(F)(F)F)C3)CC2)c1. The molecular weight excluding hydrogens is 473 g/mol. The molecule has 2 aliphatic rings. The van der Waals surface area contributed by atoms with Gasteiger partial charge in [-0.25, -0.2) is 0 Å². The Balaban J connectivity index is 1.37. The number of carbonyl (C=O) groups is 1. The third kappa shape index (κ3) is 7.11. The molecule has 8 heteroatoms. The largest absolute Gasteiger partial charge is 0.497 e. The summed E-state index contributed by atoms with van der Waals surface area (Å²) in [7, 11) is 1.69. The summed E-state index contributed by atoms with van der Waals surface area (Å²) in [4.78, 5) is 15.0. The smallest absolute Gasteiger partial charge is 0.471 e. The summed E-state index contributed by atoms with van der Waals surface area (Å²) in [5, 5.41) is 0. The first kappa shape index (κ1) is 24.4. The minimum absolute atomic E-state index is 0.183. The van der Waals surface area contributed by atoms with E-state index in [2.05, 4.69) is 26.9 Å². The third-order valence-electron chi connectivity index (χ3n) is 6.60. The van der Waals surface area contributed by atoms with Crippen molar-refractivity contribution < 1.29 is 22.7 Å². The molecule has 174 valence electrons. The molecule has 2 aliphatic heterocycles. The van der Waals surface area contributed by atoms with Gasteiger partial charge in [-0.05, 0) is 100 Å². The Bertz CT molecular complexity index is 736. The fraction of sp³-hybridized carbons (Fsp3) is 0.696. The first-order chi connectivity index (χ1) is 14.8. The standard InChI is InChI=1S/C23H32BrF3N2O2/c1-31-20-6-7-21(24)19(15-20)14-17-8-12-28(13-9-17)10-2-4-18-5-3-11-29(16-18)22(30)23(25,26)27/h6-7,15,17-18H,2-5,8-14,16H2,1H3. The van der Waals surface area contributed by atoms with Crippen molar-refractivity contribution in [3.63, 3.8) is 0 Å². The molecule has 1 unspecified atom stereocenters. The van der Waals surface area contributed by atoms with Crippen molar-refractivity contribution in [1.29, 1.82) is 0 Å². The molecule has 2 saturated heterocycles. The lowest BCUT2D eigenvalue weighted by molar-refractivity contribution is -0.187. The molecule has 3 rings (SSSR count). The highest BCUT2D eigenvalue weighted by atomic mass is 79.9. The van der Waals surface area contributed by atoms with E-state index in [0.29, 0.717) is 12.3 Å². The van der Waals surface area contributed by atoms with E-state index >= 15 is 0 Å². The number of hydrogen-bond acceptors (Lipinski definition) is 3. The van der Waals surface area contributed by atoms with E-state index in [-0.39, 0.29) is 19.0 Å². The van der Waals surface area contributed by atoms with Gasteiger partial charge in [0, 0.05) is 17.6 Å². The quantitative estimate of drug-likeness (QED) is 0.505. The zero-order valence-corrected chi connectivity index (χ0v) is 19.7. The fourth-order valence-corrected chi connectivity index (χ4v) is 5.24. The van der Waals surface area contributed by atoms with Crippen LogP contribution in [0.3, 0.4) is 0 Å². The van der Waals surface area contributed by atoms with Crippen LogP contribution in [0.15, 0.2) is 22.7 Å². The summed E-state index contributed by atoms with van der Waals surface area (Å²) in [6.45, 7) is 3.59. The molecule has 0 aliphatic carbocycles. The highest BCUT2D eigenvalue weighted by molar-refractivity contribution is 9.10. The van der Waals surface area contributed by atoms with Crippen LogP contribution in [0.4, 0.5) is 13.2 Å². The summed E-state index contributed by atoms with van der Waals surface area (Å²) in [5.74, 6) is 0.0405. The molecular formula is C23H32BrF3N2O2. The zero-order valence-electron chi connectivity index (χ0n) is 18.1. The van der Waals surface area contributed by atoms with Crippen LogP contribution < -0.4 is 4.74 Å². The summed E-state index contributed by atoms with van der Waals surface area (Å²) in [5.41, 5.74) is 1.29. The highest BCUT2D eigenvalue weighted by Crippen LogP contribution is 2.29. The van der Waals surface area contributed by atoms with E-state index in [4.69, 9.17) is 4.74 Å². The third-order valence-corrected chi connectivity index (χ3v) is 7.38. The van der Waals surface area contributed by atoms with Crippen LogP contribution in [0.1, 0.15) is 44.1 Å². The van der Waals surface area contributed by atoms with Gasteiger partial charge in [-0.1, -0.05) is 15.9 Å². The monoisotopic (exact) mass is 504 g/mol. The average molecular weight is 505 g/mol. The number of benzene rings is 1. The van der Waals surface area contributed by atoms with Crippen LogP contribution >= 0.6 is 15.9 Å². The number of ether oxygens (including phenoxy) is 1. The number of piperidine rings is 2. The Morgan fingerprint density at radius 2 is 1.90 bits per heavy atom. The summed E-state index contributed by atoms with van der Waals surface area (Å²) >= 11 is 3.64. The molecule has 1 atom stereocenters. The van der Waals surface area contributed by atoms with E-state index < -0.39 is 12.1 Å². The van der Waals surface area contributed by atoms with Gasteiger partial charge in [-0.15, -0.1) is 0 Å². The molecule has 1 amide bonds. The van der Waals surface area contributed by atoms with Gasteiger partial charge in [-0.3, -0.25) is 4.79 Å². The summed E-state index contributed by atoms with van der Waals surface area (Å²) in [6.07, 6.45) is 2.03. The van der Waals surface area contributed by atoms with Gasteiger partial charge in [0.25, 0.3) is 0 Å². The van der Waals surface area contributed by atoms with Crippen molar-refractivity contribution in [2.75, 3.05) is 39.8 Å². The molecule has 1 aromatic carbocycles. The summed E-state index contributed by atoms with van der Waals surface area (Å²) < 4.78 is 44.5. The maximum absolute atomic E-state index is 12.7. The Labute approximate surface area is 191 Å². The van der Waals surface area contributed by atoms with Gasteiger partial charge >= 0.3 is 12.1 Å². The second-order valence-electron chi connectivity index (χ2n) is 8.85. The lowest BCUT2D eigenvalue weighted by atomic mass is 9.89. The Morgan fingerprint density at radius 1 is 1.16 bits per heavy atom. The Kier molecular flexibility index (Phi) is 8.67. The van der Waals surface area contributed by atoms with Crippen LogP contribution in [0.5, 0.6) is 5.75 Å². The van der Waals surface area contributed by atoms with E-state index in [1.807, 2.05) is 12.1 Å². The fourth-order valence-electron chi connectivity index (χ4n) is 4.83. The van der Waals surface area contributed by atoms with Crippen molar-refractivity contribution in [1.82, 2.24) is 9.80 Å². The van der Waals surface area contributed by atoms with Crippen molar-refractivity contribution in [3.05, 3.63) is 28.2 Å². The minimum Gasteiger partial charge on any atom is -0.497 e. The van der Waals surface area contributed by atoms with Gasteiger partial charge < -0.3 is 14.5 Å². The maximum Gasteiger partial charge on any atom is 0.471 e. The number of rotatable bonds is 7. The van der Waals surface area contributed by atoms with Crippen LogP contribution in [0, 0.1) is 11.8 Å². The van der Waals surface area contributed by atoms with Gasteiger partial charge in [0.2, 0.25) is 0 Å². The number of nitrogens with zero attached hydrogens (tertiary/aromatic N) is 2. The van der Waals surface area contributed by atoms with Crippen LogP contribution in [0.2, 0.25) is 0 Å². The van der Waals surface area contributed by atoms with Crippen LogP contribution in [-0.4, -0.2) is 61.7 Å². The van der Waals surface area contributed by atoms with Gasteiger partial charge in [0.15, 0.2) is 0 Å². The van der Waals surface area contributed by atoms with Crippen molar-refractivity contribution in [2.45, 2.75) is 51.1 Å². The molecule has 0 N–H and O–H groups in total. The predicted octanol–water partition coefficient (Wildman–Crippen LogP) is 5.29. The molecule has 2 heterocycles. The number of hydrogen-bond donors (Lipinski definition) is 0. The predicted molar refractivity (Wildman–Crippen MR) is 118 cm³/mol. The number of amides is 1. The molecule has 0 saturated carbocycles. The number of likely N-dealkylation sites (tertiary alicyclic amines) is 2. The number of carbonyl (C=O) groups excluding carboxylic acids is 1. The highest BCUT2D eigenvalue weighted by Gasteiger charge is 2.43. The first-order valence-electron chi connectivity index (χ1n) is 11.2. The molecule has 0 bridgehead atoms. The Morgan fingerprint density at radius 3 is 2.58 bits per heavy atom. The molecule has 31 heavy (non-hydrogen) atoms. The normalized spacial score (nSPS) is 21.3. The van der Waals surface area contributed by atoms with Crippen LogP contribution in [-0.2, 0) is 11.2 Å². The topological polar surface area (TPSA) is 32.8 Å². The summed E-state index contributed by atoms with van der Waals surface area (Å²) in [6, 6.07) is 6.10. The second kappa shape index (κ2) is 11.0. The van der Waals surface area contributed by atoms with Gasteiger partial charge in [0.05, 0.1) is 7.11 Å². The average Bonchev–Trinajstić information content (AvgIpc) is 2.75. The zero-order chi connectivity index (χ0) is 22.4. The van der Waals surface area contributed by atoms with E-state index in [1.54, 1.807) is 7.11 Å². The lowest BCUT2D eigenvalue weighted by Crippen LogP contribution is -2.46. The molecule has 0 radical (unpaired) electrons. The molecule has 4 nitrogen and oxygen atoms in total. The van der Waals surface area contributed by atoms with Gasteiger partial charge in [0.1, 0.15) is 5.75 Å². The van der Waals surface area contributed by atoms with E-state index in [1.165, 1.54) is 5.56 Å². The number of alkyl halides is 3. The number of halogens is 4. The Hall–Kier alpha value is -1.28. The second-order valence-corrected chi connectivity index (χ2v) is 9.70. The first-order valence-corrected chi connectivity index (χ1v) is 12.0. The minimum atomic E-state index is -4.76. The molecule has 2 fully saturated rings. The van der Waals surface area contributed by atoms with Crippen molar-refractivity contribution >= 4 is 21.8 Å². The van der Waals surface area contributed by atoms with Crippen LogP contribution in [0.25, 0.3) is 0 Å². The van der Waals surface area contributed by atoms with E-state index in [9.17, 15) is 18.0 Å². The van der Waals surface area contributed by atoms with Crippen molar-refractivity contribution in [2.24, 2.45) is 11.8 Å². The van der Waals surface area contributed by atoms with Gasteiger partial charge in [-0.2, -0.15) is 13.2 Å².